The first-order valence-electron chi connectivity index (χ1n) is 9.02. The van der Waals surface area contributed by atoms with Crippen LogP contribution in [0.15, 0.2) is 91.3 Å². The molecule has 0 unspecified atom stereocenters. The number of benzene rings is 3. The molecule has 0 atom stereocenters. The molecule has 4 aromatic rings. The molecule has 0 spiro atoms. The lowest BCUT2D eigenvalue weighted by molar-refractivity contribution is 0.101. The molecule has 0 amide bonds. The van der Waals surface area contributed by atoms with Crippen molar-refractivity contribution in [2.24, 2.45) is 0 Å². The van der Waals surface area contributed by atoms with Crippen LogP contribution in [0.3, 0.4) is 0 Å². The number of Topliss-reactive ketones (excluding diaryl/α,β-unsaturated/α-hetero) is 1. The van der Waals surface area contributed by atoms with E-state index in [0.29, 0.717) is 0 Å². The number of hydrogen-bond acceptors (Lipinski definition) is 3. The Kier molecular flexibility index (Phi) is 4.93. The molecule has 0 aliphatic heterocycles. The monoisotopic (exact) mass is 352 g/mol. The average Bonchev–Trinajstić information content (AvgIpc) is 2.73. The molecule has 1 aromatic heterocycles. The second-order valence-electron chi connectivity index (χ2n) is 6.53. The van der Waals surface area contributed by atoms with Crippen LogP contribution in [-0.4, -0.2) is 17.3 Å². The number of hydrogen-bond donors (Lipinski definition) is 1. The summed E-state index contributed by atoms with van der Waals surface area (Å²) in [4.78, 5) is 16.7. The van der Waals surface area contributed by atoms with Gasteiger partial charge in [-0.2, -0.15) is 0 Å². The Morgan fingerprint density at radius 3 is 2.30 bits per heavy atom. The van der Waals surface area contributed by atoms with Crippen LogP contribution < -0.4 is 5.32 Å². The van der Waals surface area contributed by atoms with Gasteiger partial charge in [-0.25, -0.2) is 0 Å². The highest BCUT2D eigenvalue weighted by atomic mass is 16.1. The van der Waals surface area contributed by atoms with Crippen molar-refractivity contribution in [1.29, 1.82) is 0 Å². The Bertz CT molecular complexity index is 1050. The van der Waals surface area contributed by atoms with E-state index < -0.39 is 0 Å². The summed E-state index contributed by atoms with van der Waals surface area (Å²) in [7, 11) is 0. The number of carbonyl (C=O) groups excluding carboxylic acids is 1. The van der Waals surface area contributed by atoms with Crippen LogP contribution in [0, 0.1) is 0 Å². The number of carbonyl (C=O) groups is 1. The zero-order valence-corrected chi connectivity index (χ0v) is 14.9. The Labute approximate surface area is 158 Å². The zero-order chi connectivity index (χ0) is 18.5. The first-order chi connectivity index (χ1) is 13.3. The third kappa shape index (κ3) is 4.04. The van der Waals surface area contributed by atoms with Gasteiger partial charge in [-0.3, -0.25) is 9.78 Å². The molecular formula is C24H20N2O. The molecule has 0 bridgehead atoms. The third-order valence-electron chi connectivity index (χ3n) is 4.65. The number of fused-ring (bicyclic) bond motifs is 1. The third-order valence-corrected chi connectivity index (χ3v) is 4.65. The van der Waals surface area contributed by atoms with Crippen molar-refractivity contribution in [3.8, 4) is 0 Å². The van der Waals surface area contributed by atoms with Crippen molar-refractivity contribution in [2.45, 2.75) is 6.42 Å². The number of nitrogens with zero attached hydrogens (tertiary/aromatic N) is 1. The van der Waals surface area contributed by atoms with E-state index >= 15 is 0 Å². The molecule has 3 nitrogen and oxygen atoms in total. The average molecular weight is 352 g/mol. The van der Waals surface area contributed by atoms with Gasteiger partial charge in [-0.05, 0) is 52.6 Å². The minimum absolute atomic E-state index is 0.0904. The van der Waals surface area contributed by atoms with Gasteiger partial charge in [0, 0.05) is 23.6 Å². The first kappa shape index (κ1) is 17.0. The summed E-state index contributed by atoms with van der Waals surface area (Å²) >= 11 is 0. The summed E-state index contributed by atoms with van der Waals surface area (Å²) in [5.74, 6) is 0.0904. The van der Waals surface area contributed by atoms with Gasteiger partial charge >= 0.3 is 0 Å². The van der Waals surface area contributed by atoms with E-state index in [4.69, 9.17) is 0 Å². The molecule has 1 heterocycles. The van der Waals surface area contributed by atoms with E-state index in [9.17, 15) is 4.79 Å². The van der Waals surface area contributed by atoms with Crippen LogP contribution in [-0.2, 0) is 6.42 Å². The van der Waals surface area contributed by atoms with Crippen LogP contribution in [0.4, 0.5) is 5.69 Å². The normalized spacial score (nSPS) is 10.7. The van der Waals surface area contributed by atoms with Crippen LogP contribution in [0.5, 0.6) is 0 Å². The molecule has 3 aromatic carbocycles. The van der Waals surface area contributed by atoms with Crippen molar-refractivity contribution >= 4 is 22.2 Å². The second-order valence-corrected chi connectivity index (χ2v) is 6.53. The van der Waals surface area contributed by atoms with Crippen LogP contribution in [0.2, 0.25) is 0 Å². The number of anilines is 1. The van der Waals surface area contributed by atoms with Crippen molar-refractivity contribution in [3.05, 3.63) is 108 Å². The number of ketones is 1. The number of aromatic nitrogens is 1. The van der Waals surface area contributed by atoms with Gasteiger partial charge in [0.05, 0.1) is 6.54 Å². The van der Waals surface area contributed by atoms with Gasteiger partial charge in [0.25, 0.3) is 0 Å². The van der Waals surface area contributed by atoms with E-state index in [0.717, 1.165) is 28.4 Å². The molecule has 0 radical (unpaired) electrons. The van der Waals surface area contributed by atoms with E-state index in [-0.39, 0.29) is 12.3 Å². The predicted octanol–water partition coefficient (Wildman–Crippen LogP) is 5.12. The quantitative estimate of drug-likeness (QED) is 0.490. The van der Waals surface area contributed by atoms with Gasteiger partial charge in [0.15, 0.2) is 5.78 Å². The molecule has 0 fully saturated rings. The maximum atomic E-state index is 12.7. The molecule has 27 heavy (non-hydrogen) atoms. The van der Waals surface area contributed by atoms with Crippen molar-refractivity contribution < 1.29 is 4.79 Å². The van der Waals surface area contributed by atoms with Gasteiger partial charge in [0.2, 0.25) is 0 Å². The van der Waals surface area contributed by atoms with Gasteiger partial charge in [-0.1, -0.05) is 54.6 Å². The highest BCUT2D eigenvalue weighted by Gasteiger charge is 2.09. The summed E-state index contributed by atoms with van der Waals surface area (Å²) in [6.45, 7) is 0.276. The Morgan fingerprint density at radius 1 is 0.778 bits per heavy atom. The van der Waals surface area contributed by atoms with Crippen LogP contribution in [0.1, 0.15) is 21.5 Å². The summed E-state index contributed by atoms with van der Waals surface area (Å²) in [5, 5.41) is 5.33. The molecule has 1 N–H and O–H groups in total. The second kappa shape index (κ2) is 7.83. The first-order valence-corrected chi connectivity index (χ1v) is 9.02. The molecule has 0 saturated carbocycles. The minimum Gasteiger partial charge on any atom is -0.378 e. The Hall–Kier alpha value is -3.46. The highest BCUT2D eigenvalue weighted by molar-refractivity contribution is 6.09. The van der Waals surface area contributed by atoms with E-state index in [1.807, 2.05) is 79.1 Å². The van der Waals surface area contributed by atoms with E-state index in [1.165, 1.54) is 11.1 Å². The SMILES string of the molecule is O=C(CNc1ccc(Cc2ccncc2)cc1)c1cccc2ccccc12. The lowest BCUT2D eigenvalue weighted by Crippen LogP contribution is -2.14. The van der Waals surface area contributed by atoms with Crippen LogP contribution >= 0.6 is 0 Å². The maximum absolute atomic E-state index is 12.7. The number of nitrogens with one attached hydrogen (secondary N) is 1. The molecule has 0 aliphatic rings. The lowest BCUT2D eigenvalue weighted by Gasteiger charge is -2.09. The van der Waals surface area contributed by atoms with Gasteiger partial charge in [-0.15, -0.1) is 0 Å². The molecule has 0 saturated heterocycles. The van der Waals surface area contributed by atoms with Gasteiger partial charge < -0.3 is 5.32 Å². The van der Waals surface area contributed by atoms with Crippen LogP contribution in [0.25, 0.3) is 10.8 Å². The Balaban J connectivity index is 1.41. The smallest absolute Gasteiger partial charge is 0.182 e. The largest absolute Gasteiger partial charge is 0.378 e. The predicted molar refractivity (Wildman–Crippen MR) is 110 cm³/mol. The summed E-state index contributed by atoms with van der Waals surface area (Å²) in [5.41, 5.74) is 4.17. The fourth-order valence-corrected chi connectivity index (χ4v) is 3.22. The fraction of sp³-hybridized carbons (Fsp3) is 0.0833. The highest BCUT2D eigenvalue weighted by Crippen LogP contribution is 2.19. The fourth-order valence-electron chi connectivity index (χ4n) is 3.22. The Morgan fingerprint density at radius 2 is 1.48 bits per heavy atom. The maximum Gasteiger partial charge on any atom is 0.182 e. The summed E-state index contributed by atoms with van der Waals surface area (Å²) in [6, 6.07) is 26.1. The number of pyridine rings is 1. The van der Waals surface area contributed by atoms with E-state index in [1.54, 1.807) is 0 Å². The van der Waals surface area contributed by atoms with Crippen molar-refractivity contribution in [2.75, 3.05) is 11.9 Å². The number of rotatable bonds is 6. The van der Waals surface area contributed by atoms with E-state index in [2.05, 4.69) is 22.4 Å². The molecule has 4 rings (SSSR count). The summed E-state index contributed by atoms with van der Waals surface area (Å²) < 4.78 is 0. The molecular weight excluding hydrogens is 332 g/mol. The molecule has 3 heteroatoms. The zero-order valence-electron chi connectivity index (χ0n) is 14.9. The van der Waals surface area contributed by atoms with Gasteiger partial charge in [0.1, 0.15) is 0 Å². The standard InChI is InChI=1S/C24H20N2O/c27-24(23-7-3-5-20-4-1-2-6-22(20)23)17-26-21-10-8-18(9-11-21)16-19-12-14-25-15-13-19/h1-15,26H,16-17H2. The van der Waals surface area contributed by atoms with Crippen molar-refractivity contribution in [3.63, 3.8) is 0 Å². The molecule has 0 aliphatic carbocycles. The lowest BCUT2D eigenvalue weighted by atomic mass is 10.0. The summed E-state index contributed by atoms with van der Waals surface area (Å²) in [6.07, 6.45) is 4.49. The molecule has 132 valence electrons. The minimum atomic E-state index is 0.0904. The topological polar surface area (TPSA) is 42.0 Å². The van der Waals surface area contributed by atoms with Crippen molar-refractivity contribution in [1.82, 2.24) is 4.98 Å².